The molecule has 0 aliphatic carbocycles. The van der Waals surface area contributed by atoms with E-state index in [2.05, 4.69) is 19.2 Å². The third-order valence-electron chi connectivity index (χ3n) is 3.01. The van der Waals surface area contributed by atoms with E-state index >= 15 is 0 Å². The summed E-state index contributed by atoms with van der Waals surface area (Å²) in [7, 11) is 0. The molecule has 1 rings (SSSR count). The molecule has 0 aliphatic rings. The highest BCUT2D eigenvalue weighted by molar-refractivity contribution is 6.30. The Hall–Kier alpha value is -1.22. The van der Waals surface area contributed by atoms with Gasteiger partial charge >= 0.3 is 0 Å². The van der Waals surface area contributed by atoms with E-state index < -0.39 is 5.54 Å². The first-order chi connectivity index (χ1) is 8.33. The van der Waals surface area contributed by atoms with Gasteiger partial charge in [-0.3, -0.25) is 4.79 Å². The minimum absolute atomic E-state index is 0.344. The average Bonchev–Trinajstić information content (AvgIpc) is 2.26. The van der Waals surface area contributed by atoms with Crippen LogP contribution in [0.4, 0.5) is 5.69 Å². The molecule has 0 saturated heterocycles. The Morgan fingerprint density at radius 3 is 2.67 bits per heavy atom. The van der Waals surface area contributed by atoms with Crippen molar-refractivity contribution in [3.8, 4) is 0 Å². The SMILES string of the molecule is CC(C)CCC(C)(Nc1cccc(Cl)c1)C(N)=O. The molecule has 0 spiro atoms. The van der Waals surface area contributed by atoms with Crippen molar-refractivity contribution in [2.75, 3.05) is 5.32 Å². The van der Waals surface area contributed by atoms with Crippen LogP contribution in [0.25, 0.3) is 0 Å². The Kier molecular flexibility index (Phi) is 5.03. The monoisotopic (exact) mass is 268 g/mol. The van der Waals surface area contributed by atoms with E-state index in [1.54, 1.807) is 12.1 Å². The molecule has 0 bridgehead atoms. The van der Waals surface area contributed by atoms with Crippen molar-refractivity contribution in [2.24, 2.45) is 11.7 Å². The molecule has 3 nitrogen and oxygen atoms in total. The lowest BCUT2D eigenvalue weighted by Gasteiger charge is -2.29. The van der Waals surface area contributed by atoms with Crippen LogP contribution in [-0.2, 0) is 4.79 Å². The van der Waals surface area contributed by atoms with E-state index in [9.17, 15) is 4.79 Å². The Labute approximate surface area is 114 Å². The van der Waals surface area contributed by atoms with E-state index in [0.29, 0.717) is 17.4 Å². The van der Waals surface area contributed by atoms with Gasteiger partial charge in [-0.15, -0.1) is 0 Å². The van der Waals surface area contributed by atoms with E-state index in [0.717, 1.165) is 12.1 Å². The fourth-order valence-electron chi connectivity index (χ4n) is 1.71. The van der Waals surface area contributed by atoms with Gasteiger partial charge in [0.15, 0.2) is 0 Å². The molecule has 1 aromatic rings. The largest absolute Gasteiger partial charge is 0.371 e. The van der Waals surface area contributed by atoms with E-state index in [4.69, 9.17) is 17.3 Å². The van der Waals surface area contributed by atoms with Gasteiger partial charge in [0.1, 0.15) is 5.54 Å². The Morgan fingerprint density at radius 2 is 2.17 bits per heavy atom. The Balaban J connectivity index is 2.82. The molecule has 3 N–H and O–H groups in total. The smallest absolute Gasteiger partial charge is 0.242 e. The number of nitrogens with one attached hydrogen (secondary N) is 1. The van der Waals surface area contributed by atoms with Crippen molar-refractivity contribution in [2.45, 2.75) is 39.2 Å². The summed E-state index contributed by atoms with van der Waals surface area (Å²) < 4.78 is 0. The summed E-state index contributed by atoms with van der Waals surface area (Å²) in [4.78, 5) is 11.6. The van der Waals surface area contributed by atoms with Crippen LogP contribution in [0.1, 0.15) is 33.6 Å². The molecular weight excluding hydrogens is 248 g/mol. The fraction of sp³-hybridized carbons (Fsp3) is 0.500. The van der Waals surface area contributed by atoms with Gasteiger partial charge in [-0.2, -0.15) is 0 Å². The van der Waals surface area contributed by atoms with Gasteiger partial charge in [-0.1, -0.05) is 31.5 Å². The molecule has 100 valence electrons. The zero-order chi connectivity index (χ0) is 13.8. The van der Waals surface area contributed by atoms with Crippen LogP contribution in [0.2, 0.25) is 5.02 Å². The van der Waals surface area contributed by atoms with E-state index in [1.165, 1.54) is 0 Å². The summed E-state index contributed by atoms with van der Waals surface area (Å²) in [5.74, 6) is 0.188. The summed E-state index contributed by atoms with van der Waals surface area (Å²) >= 11 is 5.92. The molecule has 0 fully saturated rings. The number of halogens is 1. The quantitative estimate of drug-likeness (QED) is 0.830. The van der Waals surface area contributed by atoms with Crippen molar-refractivity contribution in [1.29, 1.82) is 0 Å². The van der Waals surface area contributed by atoms with E-state index in [1.807, 2.05) is 19.1 Å². The van der Waals surface area contributed by atoms with Gasteiger partial charge in [0.2, 0.25) is 5.91 Å². The zero-order valence-electron chi connectivity index (χ0n) is 11.2. The number of rotatable bonds is 6. The molecule has 1 unspecified atom stereocenters. The fourth-order valence-corrected chi connectivity index (χ4v) is 1.90. The summed E-state index contributed by atoms with van der Waals surface area (Å²) in [6, 6.07) is 7.30. The lowest BCUT2D eigenvalue weighted by Crippen LogP contribution is -2.48. The van der Waals surface area contributed by atoms with Crippen molar-refractivity contribution >= 4 is 23.2 Å². The van der Waals surface area contributed by atoms with Crippen LogP contribution in [-0.4, -0.2) is 11.4 Å². The second kappa shape index (κ2) is 6.10. The maximum Gasteiger partial charge on any atom is 0.242 e. The first kappa shape index (κ1) is 14.8. The number of benzene rings is 1. The minimum Gasteiger partial charge on any atom is -0.371 e. The molecule has 0 heterocycles. The highest BCUT2D eigenvalue weighted by atomic mass is 35.5. The second-order valence-corrected chi connectivity index (χ2v) is 5.70. The number of carbonyl (C=O) groups is 1. The first-order valence-electron chi connectivity index (χ1n) is 6.17. The highest BCUT2D eigenvalue weighted by Crippen LogP contribution is 2.24. The number of hydrogen-bond donors (Lipinski definition) is 2. The molecule has 0 saturated carbocycles. The maximum atomic E-state index is 11.6. The van der Waals surface area contributed by atoms with Crippen LogP contribution in [0.5, 0.6) is 0 Å². The molecule has 1 atom stereocenters. The molecule has 1 aromatic carbocycles. The number of hydrogen-bond acceptors (Lipinski definition) is 2. The maximum absolute atomic E-state index is 11.6. The third-order valence-corrected chi connectivity index (χ3v) is 3.25. The van der Waals surface area contributed by atoms with Crippen LogP contribution in [0.3, 0.4) is 0 Å². The second-order valence-electron chi connectivity index (χ2n) is 5.26. The zero-order valence-corrected chi connectivity index (χ0v) is 11.9. The molecule has 18 heavy (non-hydrogen) atoms. The van der Waals surface area contributed by atoms with Gasteiger partial charge in [-0.25, -0.2) is 0 Å². The van der Waals surface area contributed by atoms with Gasteiger partial charge in [0.05, 0.1) is 0 Å². The Bertz CT molecular complexity index is 420. The molecule has 1 amide bonds. The lowest BCUT2D eigenvalue weighted by atomic mass is 9.91. The predicted molar refractivity (Wildman–Crippen MR) is 76.7 cm³/mol. The molecule has 0 radical (unpaired) electrons. The van der Waals surface area contributed by atoms with Crippen molar-refractivity contribution in [3.05, 3.63) is 29.3 Å². The van der Waals surface area contributed by atoms with Crippen LogP contribution in [0, 0.1) is 5.92 Å². The predicted octanol–water partition coefficient (Wildman–Crippen LogP) is 3.43. The Morgan fingerprint density at radius 1 is 1.50 bits per heavy atom. The van der Waals surface area contributed by atoms with Crippen molar-refractivity contribution < 1.29 is 4.79 Å². The normalized spacial score (nSPS) is 14.3. The van der Waals surface area contributed by atoms with E-state index in [-0.39, 0.29) is 5.91 Å². The number of primary amides is 1. The average molecular weight is 269 g/mol. The minimum atomic E-state index is -0.741. The number of carbonyl (C=O) groups excluding carboxylic acids is 1. The topological polar surface area (TPSA) is 55.1 Å². The summed E-state index contributed by atoms with van der Waals surface area (Å²) in [5, 5.41) is 3.83. The van der Waals surface area contributed by atoms with Crippen molar-refractivity contribution in [1.82, 2.24) is 0 Å². The summed E-state index contributed by atoms with van der Waals surface area (Å²) in [6.07, 6.45) is 1.64. The summed E-state index contributed by atoms with van der Waals surface area (Å²) in [6.45, 7) is 6.08. The van der Waals surface area contributed by atoms with Crippen LogP contribution in [0.15, 0.2) is 24.3 Å². The van der Waals surface area contributed by atoms with Crippen LogP contribution >= 0.6 is 11.6 Å². The summed E-state index contributed by atoms with van der Waals surface area (Å²) in [5.41, 5.74) is 5.58. The molecular formula is C14H21ClN2O. The molecule has 0 aromatic heterocycles. The number of nitrogens with two attached hydrogens (primary N) is 1. The molecule has 0 aliphatic heterocycles. The van der Waals surface area contributed by atoms with Crippen molar-refractivity contribution in [3.63, 3.8) is 0 Å². The third kappa shape index (κ3) is 4.22. The van der Waals surface area contributed by atoms with Gasteiger partial charge in [0.25, 0.3) is 0 Å². The van der Waals surface area contributed by atoms with Gasteiger partial charge in [0, 0.05) is 10.7 Å². The number of amides is 1. The standard InChI is InChI=1S/C14H21ClN2O/c1-10(2)7-8-14(3,13(16)18)17-12-6-4-5-11(15)9-12/h4-6,9-10,17H,7-8H2,1-3H3,(H2,16,18). The molecule has 4 heteroatoms. The number of anilines is 1. The van der Waals surface area contributed by atoms with Gasteiger partial charge in [-0.05, 0) is 43.9 Å². The first-order valence-corrected chi connectivity index (χ1v) is 6.55. The lowest BCUT2D eigenvalue weighted by molar-refractivity contribution is -0.122. The van der Waals surface area contributed by atoms with Crippen LogP contribution < -0.4 is 11.1 Å². The highest BCUT2D eigenvalue weighted by Gasteiger charge is 2.30. The van der Waals surface area contributed by atoms with Gasteiger partial charge < -0.3 is 11.1 Å².